The number of nitrogens with one attached hydrogen (secondary N) is 2. The number of fused-ring (bicyclic) bond motifs is 1. The Morgan fingerprint density at radius 3 is 2.68 bits per heavy atom. The molecule has 3 rings (SSSR count). The fourth-order valence-electron chi connectivity index (χ4n) is 2.16. The van der Waals surface area contributed by atoms with Gasteiger partial charge in [-0.25, -0.2) is 8.42 Å². The van der Waals surface area contributed by atoms with E-state index in [0.29, 0.717) is 16.3 Å². The quantitative estimate of drug-likeness (QED) is 0.829. The van der Waals surface area contributed by atoms with Gasteiger partial charge in [-0.05, 0) is 24.3 Å². The first-order chi connectivity index (χ1) is 10.5. The maximum atomic E-state index is 12.0. The van der Waals surface area contributed by atoms with E-state index >= 15 is 0 Å². The summed E-state index contributed by atoms with van der Waals surface area (Å²) in [6.45, 7) is 0. The van der Waals surface area contributed by atoms with Crippen molar-refractivity contribution in [3.8, 4) is 0 Å². The molecule has 0 aliphatic carbocycles. The summed E-state index contributed by atoms with van der Waals surface area (Å²) in [5.41, 5.74) is 1.25. The fourth-order valence-corrected chi connectivity index (χ4v) is 3.64. The highest BCUT2D eigenvalue weighted by Gasteiger charge is 2.29. The van der Waals surface area contributed by atoms with Crippen LogP contribution >= 0.6 is 11.6 Å². The van der Waals surface area contributed by atoms with E-state index in [4.69, 9.17) is 11.6 Å². The molecule has 1 aliphatic rings. The van der Waals surface area contributed by atoms with Crippen molar-refractivity contribution < 1.29 is 13.2 Å². The summed E-state index contributed by atoms with van der Waals surface area (Å²) in [6.07, 6.45) is 1.21. The van der Waals surface area contributed by atoms with Gasteiger partial charge in [0, 0.05) is 22.3 Å². The van der Waals surface area contributed by atoms with E-state index in [0.717, 1.165) is 0 Å². The number of amides is 1. The largest absolute Gasteiger partial charge is 0.322 e. The molecule has 0 bridgehead atoms. The number of anilines is 1. The normalized spacial score (nSPS) is 16.9. The van der Waals surface area contributed by atoms with Gasteiger partial charge in [-0.1, -0.05) is 35.9 Å². The van der Waals surface area contributed by atoms with Gasteiger partial charge < -0.3 is 5.32 Å². The molecule has 2 aromatic carbocycles. The van der Waals surface area contributed by atoms with Crippen molar-refractivity contribution >= 4 is 38.9 Å². The minimum atomic E-state index is -3.60. The van der Waals surface area contributed by atoms with E-state index in [9.17, 15) is 13.2 Å². The number of halogens is 1. The molecule has 0 saturated heterocycles. The van der Waals surface area contributed by atoms with Gasteiger partial charge >= 0.3 is 0 Å². The van der Waals surface area contributed by atoms with Crippen LogP contribution in [0.15, 0.2) is 59.5 Å². The Bertz CT molecular complexity index is 891. The maximum absolute atomic E-state index is 12.0. The molecule has 1 heterocycles. The summed E-state index contributed by atoms with van der Waals surface area (Å²) in [6, 6.07) is 13.2. The number of hydrogen-bond donors (Lipinski definition) is 2. The maximum Gasteiger partial charge on any atom is 0.262 e. The van der Waals surface area contributed by atoms with Gasteiger partial charge in [-0.3, -0.25) is 9.52 Å². The Labute approximate surface area is 132 Å². The average Bonchev–Trinajstić information content (AvgIpc) is 2.70. The molecule has 2 N–H and O–H groups in total. The van der Waals surface area contributed by atoms with E-state index < -0.39 is 15.9 Å². The van der Waals surface area contributed by atoms with Crippen molar-refractivity contribution in [3.63, 3.8) is 0 Å². The number of benzene rings is 2. The second-order valence-corrected chi connectivity index (χ2v) is 6.75. The van der Waals surface area contributed by atoms with Crippen molar-refractivity contribution in [2.75, 3.05) is 5.32 Å². The van der Waals surface area contributed by atoms with E-state index in [2.05, 4.69) is 10.0 Å². The molecule has 1 aliphatic heterocycles. The third kappa shape index (κ3) is 2.84. The first-order valence-electron chi connectivity index (χ1n) is 6.36. The van der Waals surface area contributed by atoms with Crippen LogP contribution in [0, 0.1) is 0 Å². The Hall–Kier alpha value is -2.31. The van der Waals surface area contributed by atoms with Crippen LogP contribution in [-0.4, -0.2) is 14.3 Å². The Morgan fingerprint density at radius 2 is 1.91 bits per heavy atom. The predicted octanol–water partition coefficient (Wildman–Crippen LogP) is 2.61. The van der Waals surface area contributed by atoms with Crippen molar-refractivity contribution in [2.45, 2.75) is 4.90 Å². The highest BCUT2D eigenvalue weighted by Crippen LogP contribution is 2.29. The van der Waals surface area contributed by atoms with Crippen LogP contribution in [-0.2, 0) is 14.8 Å². The van der Waals surface area contributed by atoms with Crippen LogP contribution in [0.5, 0.6) is 0 Å². The van der Waals surface area contributed by atoms with E-state index in [-0.39, 0.29) is 10.6 Å². The van der Waals surface area contributed by atoms with Gasteiger partial charge in [0.1, 0.15) is 0 Å². The lowest BCUT2D eigenvalue weighted by molar-refractivity contribution is -0.111. The lowest BCUT2D eigenvalue weighted by Gasteiger charge is -2.03. The second-order valence-electron chi connectivity index (χ2n) is 4.66. The minimum absolute atomic E-state index is 0.164. The molecule has 0 aromatic heterocycles. The SMILES string of the molecule is O=C(C=C1NS(=O)(=O)c2ccccc21)Nc1cccc(Cl)c1. The van der Waals surface area contributed by atoms with Crippen molar-refractivity contribution in [1.29, 1.82) is 0 Å². The van der Waals surface area contributed by atoms with Crippen molar-refractivity contribution in [3.05, 3.63) is 65.2 Å². The number of carbonyl (C=O) groups excluding carboxylic acids is 1. The van der Waals surface area contributed by atoms with Crippen molar-refractivity contribution in [1.82, 2.24) is 4.72 Å². The molecule has 0 fully saturated rings. The van der Waals surface area contributed by atoms with E-state index in [1.54, 1.807) is 42.5 Å². The molecule has 22 heavy (non-hydrogen) atoms. The van der Waals surface area contributed by atoms with Crippen LogP contribution in [0.1, 0.15) is 5.56 Å². The van der Waals surface area contributed by atoms with Gasteiger partial charge in [0.05, 0.1) is 10.6 Å². The van der Waals surface area contributed by atoms with Gasteiger partial charge in [0.25, 0.3) is 10.0 Å². The third-order valence-corrected chi connectivity index (χ3v) is 4.74. The van der Waals surface area contributed by atoms with Gasteiger partial charge in [0.15, 0.2) is 0 Å². The summed E-state index contributed by atoms with van der Waals surface area (Å²) >= 11 is 5.84. The number of sulfonamides is 1. The zero-order chi connectivity index (χ0) is 15.7. The molecule has 1 amide bonds. The molecule has 0 atom stereocenters. The summed E-state index contributed by atoms with van der Waals surface area (Å²) < 4.78 is 26.3. The third-order valence-electron chi connectivity index (χ3n) is 3.08. The molecular weight excluding hydrogens is 324 g/mol. The first kappa shape index (κ1) is 14.6. The zero-order valence-electron chi connectivity index (χ0n) is 11.2. The van der Waals surface area contributed by atoms with Crippen LogP contribution in [0.25, 0.3) is 5.70 Å². The van der Waals surface area contributed by atoms with Gasteiger partial charge in [-0.2, -0.15) is 0 Å². The van der Waals surface area contributed by atoms with Gasteiger partial charge in [0.2, 0.25) is 5.91 Å². The highest BCUT2D eigenvalue weighted by atomic mass is 35.5. The van der Waals surface area contributed by atoms with E-state index in [1.807, 2.05) is 0 Å². The zero-order valence-corrected chi connectivity index (χ0v) is 12.8. The molecular formula is C15H11ClN2O3S. The number of hydrogen-bond acceptors (Lipinski definition) is 3. The fraction of sp³-hybridized carbons (Fsp3) is 0. The Morgan fingerprint density at radius 1 is 1.14 bits per heavy atom. The molecule has 0 saturated carbocycles. The van der Waals surface area contributed by atoms with Crippen LogP contribution in [0.3, 0.4) is 0 Å². The molecule has 0 radical (unpaired) electrons. The highest BCUT2D eigenvalue weighted by molar-refractivity contribution is 7.90. The molecule has 5 nitrogen and oxygen atoms in total. The molecule has 7 heteroatoms. The Kier molecular flexibility index (Phi) is 3.64. The topological polar surface area (TPSA) is 75.3 Å². The smallest absolute Gasteiger partial charge is 0.262 e. The first-order valence-corrected chi connectivity index (χ1v) is 8.22. The van der Waals surface area contributed by atoms with Crippen LogP contribution in [0.2, 0.25) is 5.02 Å². The number of rotatable bonds is 2. The van der Waals surface area contributed by atoms with E-state index in [1.165, 1.54) is 12.1 Å². The second kappa shape index (κ2) is 5.47. The summed E-state index contributed by atoms with van der Waals surface area (Å²) in [4.78, 5) is 12.2. The monoisotopic (exact) mass is 334 g/mol. The summed E-state index contributed by atoms with van der Waals surface area (Å²) in [7, 11) is -3.60. The summed E-state index contributed by atoms with van der Waals surface area (Å²) in [5.74, 6) is -0.448. The minimum Gasteiger partial charge on any atom is -0.322 e. The molecule has 112 valence electrons. The predicted molar refractivity (Wildman–Crippen MR) is 84.8 cm³/mol. The van der Waals surface area contributed by atoms with Crippen LogP contribution < -0.4 is 10.0 Å². The number of carbonyl (C=O) groups is 1. The Balaban J connectivity index is 1.89. The molecule has 0 spiro atoms. The van der Waals surface area contributed by atoms with Gasteiger partial charge in [-0.15, -0.1) is 0 Å². The molecule has 0 unspecified atom stereocenters. The lowest BCUT2D eigenvalue weighted by atomic mass is 10.1. The van der Waals surface area contributed by atoms with Crippen molar-refractivity contribution in [2.24, 2.45) is 0 Å². The molecule has 2 aromatic rings. The summed E-state index contributed by atoms with van der Waals surface area (Å²) in [5, 5.41) is 3.13. The average molecular weight is 335 g/mol. The lowest BCUT2D eigenvalue weighted by Crippen LogP contribution is -2.16. The van der Waals surface area contributed by atoms with Crippen LogP contribution in [0.4, 0.5) is 5.69 Å². The standard InChI is InChI=1S/C15H11ClN2O3S/c16-10-4-3-5-11(8-10)17-15(19)9-13-12-6-1-2-7-14(12)22(20,21)18-13/h1-9,18H,(H,17,19).